The second-order valence-electron chi connectivity index (χ2n) is 18.8. The number of methoxy groups -OCH3 is 1. The molecular formula is C67H44N4O2. The van der Waals surface area contributed by atoms with Gasteiger partial charge in [0.1, 0.15) is 17.2 Å². The van der Waals surface area contributed by atoms with Crippen LogP contribution in [0.4, 0.5) is 0 Å². The Hall–Kier alpha value is -9.78. The quantitative estimate of drug-likeness (QED) is 0.152. The smallest absolute Gasteiger partial charge is 0.128 e. The first kappa shape index (κ1) is 41.0. The van der Waals surface area contributed by atoms with E-state index in [2.05, 4.69) is 237 Å². The van der Waals surface area contributed by atoms with Crippen molar-refractivity contribution >= 4 is 87.2 Å². The molecule has 4 heterocycles. The molecule has 0 saturated carbocycles. The fraction of sp³-hybridized carbons (Fsp3) is 0.0149. The zero-order valence-corrected chi connectivity index (χ0v) is 39.8. The molecule has 0 aliphatic rings. The Morgan fingerprint density at radius 2 is 0.726 bits per heavy atom. The summed E-state index contributed by atoms with van der Waals surface area (Å²) in [4.78, 5) is 0. The first-order valence-corrected chi connectivity index (χ1v) is 24.8. The SMILES string of the molecule is COc1ccc2c(c1)c1ccccc1n2-c1cccc2c1c1ccccc1n2-c1cccc(-c2ccc3c4cc(Oc5ccccc5)ccc4n(-c4cccc5c4c4ccccc4n5-c4ccccc4)c3c2)c1. The molecule has 0 bridgehead atoms. The molecule has 0 amide bonds. The van der Waals surface area contributed by atoms with Crippen LogP contribution in [0.2, 0.25) is 0 Å². The third-order valence-corrected chi connectivity index (χ3v) is 14.9. The Balaban J connectivity index is 0.940. The lowest BCUT2D eigenvalue weighted by atomic mass is 10.0. The molecule has 0 aliphatic carbocycles. The number of hydrogen-bond donors (Lipinski definition) is 0. The molecule has 0 aliphatic heterocycles. The number of nitrogens with zero attached hydrogens (tertiary/aromatic N) is 4. The van der Waals surface area contributed by atoms with Crippen molar-refractivity contribution in [2.45, 2.75) is 0 Å². The zero-order chi connectivity index (χ0) is 48.1. The molecule has 6 heteroatoms. The molecule has 0 spiro atoms. The van der Waals surface area contributed by atoms with Gasteiger partial charge in [0.05, 0.1) is 62.6 Å². The van der Waals surface area contributed by atoms with E-state index >= 15 is 0 Å². The predicted molar refractivity (Wildman–Crippen MR) is 302 cm³/mol. The minimum absolute atomic E-state index is 0.793. The summed E-state index contributed by atoms with van der Waals surface area (Å²) < 4.78 is 21.9. The Kier molecular flexibility index (Phi) is 9.07. The second kappa shape index (κ2) is 16.1. The molecule has 73 heavy (non-hydrogen) atoms. The van der Waals surface area contributed by atoms with Crippen LogP contribution in [0.5, 0.6) is 17.2 Å². The van der Waals surface area contributed by atoms with Gasteiger partial charge >= 0.3 is 0 Å². The average molecular weight is 937 g/mol. The van der Waals surface area contributed by atoms with Crippen LogP contribution >= 0.6 is 0 Å². The third-order valence-electron chi connectivity index (χ3n) is 14.9. The van der Waals surface area contributed by atoms with E-state index < -0.39 is 0 Å². The molecule has 6 nitrogen and oxygen atoms in total. The van der Waals surface area contributed by atoms with Crippen LogP contribution < -0.4 is 9.47 Å². The van der Waals surface area contributed by atoms with E-state index in [0.29, 0.717) is 0 Å². The molecule has 344 valence electrons. The van der Waals surface area contributed by atoms with Crippen molar-refractivity contribution < 1.29 is 9.47 Å². The van der Waals surface area contributed by atoms with Crippen LogP contribution in [0.3, 0.4) is 0 Å². The molecule has 15 rings (SSSR count). The van der Waals surface area contributed by atoms with E-state index in [1.165, 1.54) is 32.4 Å². The lowest BCUT2D eigenvalue weighted by molar-refractivity contribution is 0.415. The molecule has 0 fully saturated rings. The largest absolute Gasteiger partial charge is 0.497 e. The van der Waals surface area contributed by atoms with Gasteiger partial charge in [-0.3, -0.25) is 0 Å². The molecule has 11 aromatic carbocycles. The van der Waals surface area contributed by atoms with Crippen molar-refractivity contribution in [3.63, 3.8) is 0 Å². The number of rotatable bonds is 8. The van der Waals surface area contributed by atoms with Crippen LogP contribution in [0, 0.1) is 0 Å². The summed E-state index contributed by atoms with van der Waals surface area (Å²) in [6.07, 6.45) is 0. The molecular weight excluding hydrogens is 893 g/mol. The molecule has 0 radical (unpaired) electrons. The van der Waals surface area contributed by atoms with Crippen LogP contribution in [0.1, 0.15) is 0 Å². The van der Waals surface area contributed by atoms with Gasteiger partial charge in [-0.25, -0.2) is 0 Å². The number of para-hydroxylation sites is 5. The van der Waals surface area contributed by atoms with E-state index in [9.17, 15) is 0 Å². The van der Waals surface area contributed by atoms with Gasteiger partial charge in [0.25, 0.3) is 0 Å². The highest BCUT2D eigenvalue weighted by Gasteiger charge is 2.23. The van der Waals surface area contributed by atoms with Gasteiger partial charge in [-0.2, -0.15) is 0 Å². The maximum absolute atomic E-state index is 6.49. The Morgan fingerprint density at radius 1 is 0.260 bits per heavy atom. The highest BCUT2D eigenvalue weighted by atomic mass is 16.5. The highest BCUT2D eigenvalue weighted by Crippen LogP contribution is 2.44. The van der Waals surface area contributed by atoms with Crippen molar-refractivity contribution in [2.24, 2.45) is 0 Å². The summed E-state index contributed by atoms with van der Waals surface area (Å²) in [5.74, 6) is 2.44. The third kappa shape index (κ3) is 6.24. The lowest BCUT2D eigenvalue weighted by Gasteiger charge is -2.13. The summed E-state index contributed by atoms with van der Waals surface area (Å²) in [6, 6.07) is 89.3. The highest BCUT2D eigenvalue weighted by molar-refractivity contribution is 6.18. The standard InChI is InChI=1S/C67H44N4O2/c1-72-48-34-37-59-54(41-48)50-23-8-11-26-56(50)70(59)63-31-16-30-62-67(63)53-25-10-13-28-58(53)69(62)46-20-14-17-43(39-46)44-33-36-51-55-42-49(73-47-21-6-3-7-22-47)35-38-60(55)71(65(51)40-44)64-32-15-29-61-66(64)52-24-9-12-27-57(52)68(61)45-18-4-2-5-19-45/h2-42H,1H3. The van der Waals surface area contributed by atoms with Crippen LogP contribution in [0.15, 0.2) is 249 Å². The van der Waals surface area contributed by atoms with Gasteiger partial charge in [0, 0.05) is 54.5 Å². The summed E-state index contributed by atoms with van der Waals surface area (Å²) >= 11 is 0. The number of aromatic nitrogens is 4. The van der Waals surface area contributed by atoms with E-state index in [1.807, 2.05) is 30.3 Å². The van der Waals surface area contributed by atoms with Gasteiger partial charge in [0.15, 0.2) is 0 Å². The van der Waals surface area contributed by atoms with Gasteiger partial charge in [-0.15, -0.1) is 0 Å². The number of fused-ring (bicyclic) bond motifs is 12. The lowest BCUT2D eigenvalue weighted by Crippen LogP contribution is -1.97. The zero-order valence-electron chi connectivity index (χ0n) is 39.8. The fourth-order valence-corrected chi connectivity index (χ4v) is 11.8. The maximum atomic E-state index is 6.49. The summed E-state index contributed by atoms with van der Waals surface area (Å²) in [5, 5.41) is 9.42. The van der Waals surface area contributed by atoms with Crippen molar-refractivity contribution in [3.8, 4) is 51.1 Å². The van der Waals surface area contributed by atoms with Crippen molar-refractivity contribution in [1.82, 2.24) is 18.3 Å². The maximum Gasteiger partial charge on any atom is 0.128 e. The van der Waals surface area contributed by atoms with Gasteiger partial charge in [0.2, 0.25) is 0 Å². The summed E-state index contributed by atoms with van der Waals surface area (Å²) in [7, 11) is 1.73. The summed E-state index contributed by atoms with van der Waals surface area (Å²) in [5.41, 5.74) is 15.9. The first-order valence-electron chi connectivity index (χ1n) is 24.8. The summed E-state index contributed by atoms with van der Waals surface area (Å²) in [6.45, 7) is 0. The molecule has 15 aromatic rings. The van der Waals surface area contributed by atoms with Crippen LogP contribution in [-0.2, 0) is 0 Å². The number of hydrogen-bond acceptors (Lipinski definition) is 2. The Labute approximate surface area is 419 Å². The monoisotopic (exact) mass is 936 g/mol. The number of ether oxygens (including phenoxy) is 2. The average Bonchev–Trinajstić information content (AvgIpc) is 4.19. The minimum Gasteiger partial charge on any atom is -0.497 e. The van der Waals surface area contributed by atoms with Crippen molar-refractivity contribution in [1.29, 1.82) is 0 Å². The Bertz CT molecular complexity index is 4690. The molecule has 0 atom stereocenters. The first-order chi connectivity index (χ1) is 36.2. The van der Waals surface area contributed by atoms with Gasteiger partial charge < -0.3 is 27.7 Å². The second-order valence-corrected chi connectivity index (χ2v) is 18.8. The normalized spacial score (nSPS) is 11.9. The predicted octanol–water partition coefficient (Wildman–Crippen LogP) is 17.5. The van der Waals surface area contributed by atoms with Crippen LogP contribution in [-0.4, -0.2) is 25.4 Å². The fourth-order valence-electron chi connectivity index (χ4n) is 11.8. The molecule has 0 saturated heterocycles. The van der Waals surface area contributed by atoms with Crippen LogP contribution in [0.25, 0.3) is 121 Å². The van der Waals surface area contributed by atoms with Crippen molar-refractivity contribution in [2.75, 3.05) is 7.11 Å². The molecule has 4 aromatic heterocycles. The Morgan fingerprint density at radius 3 is 1.38 bits per heavy atom. The topological polar surface area (TPSA) is 38.2 Å². The molecule has 0 unspecified atom stereocenters. The minimum atomic E-state index is 0.793. The number of benzene rings is 11. The van der Waals surface area contributed by atoms with Gasteiger partial charge in [-0.05, 0) is 132 Å². The molecule has 0 N–H and O–H groups in total. The van der Waals surface area contributed by atoms with E-state index in [4.69, 9.17) is 9.47 Å². The van der Waals surface area contributed by atoms with Gasteiger partial charge in [-0.1, -0.05) is 127 Å². The van der Waals surface area contributed by atoms with E-state index in [0.717, 1.165) is 106 Å². The van der Waals surface area contributed by atoms with E-state index in [1.54, 1.807) is 7.11 Å². The van der Waals surface area contributed by atoms with Crippen molar-refractivity contribution in [3.05, 3.63) is 249 Å². The van der Waals surface area contributed by atoms with E-state index in [-0.39, 0.29) is 0 Å².